The number of hydrogen-bond donors (Lipinski definition) is 1. The Morgan fingerprint density at radius 2 is 2.11 bits per heavy atom. The van der Waals surface area contributed by atoms with E-state index in [2.05, 4.69) is 5.32 Å². The lowest BCUT2D eigenvalue weighted by atomic mass is 10.1. The van der Waals surface area contributed by atoms with Crippen LogP contribution in [0.25, 0.3) is 0 Å². The second-order valence-electron chi connectivity index (χ2n) is 2.28. The fraction of sp³-hybridized carbons (Fsp3) is 0.667. The second kappa shape index (κ2) is 2.73. The summed E-state index contributed by atoms with van der Waals surface area (Å²) < 4.78 is 0. The lowest BCUT2D eigenvalue weighted by Crippen LogP contribution is -2.22. The molecule has 0 spiro atoms. The van der Waals surface area contributed by atoms with Crippen LogP contribution in [-0.4, -0.2) is 25.2 Å². The minimum absolute atomic E-state index is 0.0557. The van der Waals surface area contributed by atoms with Gasteiger partial charge < -0.3 is 14.9 Å². The molecule has 1 saturated heterocycles. The van der Waals surface area contributed by atoms with Crippen LogP contribution in [0.15, 0.2) is 0 Å². The second-order valence-corrected chi connectivity index (χ2v) is 2.28. The molecule has 0 aliphatic carbocycles. The fourth-order valence-electron chi connectivity index (χ4n) is 1.00. The Bertz CT molecular complexity index is 110. The molecule has 0 radical (unpaired) electrons. The Balaban J connectivity index is 2.36. The third kappa shape index (κ3) is 1.36. The van der Waals surface area contributed by atoms with Crippen molar-refractivity contribution < 1.29 is 9.59 Å². The first-order valence-corrected chi connectivity index (χ1v) is 3.01. The van der Waals surface area contributed by atoms with Gasteiger partial charge in [-0.25, -0.2) is 0 Å². The fourth-order valence-corrected chi connectivity index (χ4v) is 1.00. The van der Waals surface area contributed by atoms with Gasteiger partial charge in [0.05, 0.1) is 6.04 Å². The summed E-state index contributed by atoms with van der Waals surface area (Å²) in [5.74, 6) is 0.0557. The average molecular weight is 127 g/mol. The molecule has 2 unspecified atom stereocenters. The van der Waals surface area contributed by atoms with Gasteiger partial charge in [-0.1, -0.05) is 0 Å². The lowest BCUT2D eigenvalue weighted by molar-refractivity contribution is -0.110. The summed E-state index contributed by atoms with van der Waals surface area (Å²) in [5, 5.41) is 2.91. The van der Waals surface area contributed by atoms with Crippen molar-refractivity contribution in [2.24, 2.45) is 5.92 Å². The molecule has 1 fully saturated rings. The molecule has 0 amide bonds. The minimum Gasteiger partial charge on any atom is -0.307 e. The van der Waals surface area contributed by atoms with Crippen LogP contribution in [0, 0.1) is 5.92 Å². The van der Waals surface area contributed by atoms with Crippen LogP contribution < -0.4 is 5.32 Å². The van der Waals surface area contributed by atoms with E-state index in [0.29, 0.717) is 13.0 Å². The van der Waals surface area contributed by atoms with Crippen molar-refractivity contribution in [3.8, 4) is 0 Å². The highest BCUT2D eigenvalue weighted by Gasteiger charge is 2.22. The molecule has 1 N–H and O–H groups in total. The van der Waals surface area contributed by atoms with Crippen LogP contribution in [0.5, 0.6) is 0 Å². The highest BCUT2D eigenvalue weighted by molar-refractivity contribution is 5.62. The van der Waals surface area contributed by atoms with Crippen LogP contribution in [0.1, 0.15) is 6.42 Å². The van der Waals surface area contributed by atoms with Gasteiger partial charge in [-0.05, 0) is 6.42 Å². The highest BCUT2D eigenvalue weighted by Crippen LogP contribution is 2.08. The summed E-state index contributed by atoms with van der Waals surface area (Å²) in [6, 6.07) is -0.0831. The van der Waals surface area contributed by atoms with Gasteiger partial charge in [0.2, 0.25) is 0 Å². The smallest absolute Gasteiger partial charge is 0.136 e. The van der Waals surface area contributed by atoms with E-state index < -0.39 is 0 Å². The summed E-state index contributed by atoms with van der Waals surface area (Å²) in [5.41, 5.74) is 0. The van der Waals surface area contributed by atoms with Gasteiger partial charge in [-0.2, -0.15) is 0 Å². The molecule has 1 aliphatic heterocycles. The Labute approximate surface area is 53.4 Å². The molecule has 1 heterocycles. The molecule has 0 aromatic heterocycles. The molecular formula is C6H9NO2. The molecule has 0 aromatic carbocycles. The number of aldehydes is 2. The zero-order valence-electron chi connectivity index (χ0n) is 5.04. The third-order valence-corrected chi connectivity index (χ3v) is 1.56. The van der Waals surface area contributed by atoms with Crippen molar-refractivity contribution >= 4 is 12.6 Å². The lowest BCUT2D eigenvalue weighted by Gasteiger charge is -1.94. The Kier molecular flexibility index (Phi) is 1.95. The predicted octanol–water partition coefficient (Wildman–Crippen LogP) is -0.638. The van der Waals surface area contributed by atoms with Crippen molar-refractivity contribution in [2.45, 2.75) is 12.5 Å². The minimum atomic E-state index is -0.0831. The van der Waals surface area contributed by atoms with Crippen LogP contribution >= 0.6 is 0 Å². The van der Waals surface area contributed by atoms with Gasteiger partial charge in [0.15, 0.2) is 0 Å². The predicted molar refractivity (Wildman–Crippen MR) is 32.0 cm³/mol. The van der Waals surface area contributed by atoms with E-state index >= 15 is 0 Å². The molecule has 9 heavy (non-hydrogen) atoms. The molecule has 1 aliphatic rings. The SMILES string of the molecule is O=CC1CNC(C=O)C1. The number of rotatable bonds is 2. The molecule has 0 saturated carbocycles. The highest BCUT2D eigenvalue weighted by atomic mass is 16.1. The van der Waals surface area contributed by atoms with E-state index in [1.165, 1.54) is 0 Å². The average Bonchev–Trinajstić information content (AvgIpc) is 2.34. The molecular weight excluding hydrogens is 118 g/mol. The molecule has 0 bridgehead atoms. The summed E-state index contributed by atoms with van der Waals surface area (Å²) in [4.78, 5) is 20.2. The van der Waals surface area contributed by atoms with E-state index in [1.807, 2.05) is 0 Å². The summed E-state index contributed by atoms with van der Waals surface area (Å²) in [7, 11) is 0. The quantitative estimate of drug-likeness (QED) is 0.502. The maximum atomic E-state index is 10.1. The van der Waals surface area contributed by atoms with Gasteiger partial charge in [0, 0.05) is 12.5 Å². The monoisotopic (exact) mass is 127 g/mol. The first-order chi connectivity index (χ1) is 4.36. The standard InChI is InChI=1S/C6H9NO2/c8-3-5-1-6(4-9)7-2-5/h3-7H,1-2H2. The normalized spacial score (nSPS) is 34.2. The maximum Gasteiger partial charge on any atom is 0.136 e. The summed E-state index contributed by atoms with van der Waals surface area (Å²) in [6.45, 7) is 0.660. The van der Waals surface area contributed by atoms with Crippen LogP contribution in [-0.2, 0) is 9.59 Å². The molecule has 1 rings (SSSR count). The van der Waals surface area contributed by atoms with Gasteiger partial charge in [-0.3, -0.25) is 0 Å². The number of hydrogen-bond acceptors (Lipinski definition) is 3. The molecule has 0 aromatic rings. The van der Waals surface area contributed by atoms with Gasteiger partial charge in [0.25, 0.3) is 0 Å². The summed E-state index contributed by atoms with van der Waals surface area (Å²) in [6.07, 6.45) is 2.42. The largest absolute Gasteiger partial charge is 0.307 e. The van der Waals surface area contributed by atoms with E-state index in [-0.39, 0.29) is 12.0 Å². The number of carbonyl (C=O) groups is 2. The van der Waals surface area contributed by atoms with E-state index in [4.69, 9.17) is 0 Å². The third-order valence-electron chi connectivity index (χ3n) is 1.56. The Hall–Kier alpha value is -0.700. The van der Waals surface area contributed by atoms with Crippen LogP contribution in [0.4, 0.5) is 0 Å². The maximum absolute atomic E-state index is 10.1. The van der Waals surface area contributed by atoms with Crippen LogP contribution in [0.2, 0.25) is 0 Å². The number of nitrogens with one attached hydrogen (secondary N) is 1. The first kappa shape index (κ1) is 6.42. The number of carbonyl (C=O) groups excluding carboxylic acids is 2. The molecule has 2 atom stereocenters. The van der Waals surface area contributed by atoms with Crippen molar-refractivity contribution in [3.63, 3.8) is 0 Å². The van der Waals surface area contributed by atoms with E-state index in [0.717, 1.165) is 12.6 Å². The van der Waals surface area contributed by atoms with Gasteiger partial charge >= 0.3 is 0 Å². The molecule has 3 heteroatoms. The summed E-state index contributed by atoms with van der Waals surface area (Å²) >= 11 is 0. The Morgan fingerprint density at radius 1 is 1.33 bits per heavy atom. The van der Waals surface area contributed by atoms with E-state index in [1.54, 1.807) is 0 Å². The molecule has 3 nitrogen and oxygen atoms in total. The zero-order chi connectivity index (χ0) is 6.69. The first-order valence-electron chi connectivity index (χ1n) is 3.01. The van der Waals surface area contributed by atoms with Gasteiger partial charge in [0.1, 0.15) is 12.6 Å². The van der Waals surface area contributed by atoms with Crippen molar-refractivity contribution in [2.75, 3.05) is 6.54 Å². The van der Waals surface area contributed by atoms with Crippen molar-refractivity contribution in [1.82, 2.24) is 5.32 Å². The Morgan fingerprint density at radius 3 is 2.44 bits per heavy atom. The van der Waals surface area contributed by atoms with Crippen molar-refractivity contribution in [3.05, 3.63) is 0 Å². The van der Waals surface area contributed by atoms with Crippen molar-refractivity contribution in [1.29, 1.82) is 0 Å². The van der Waals surface area contributed by atoms with Gasteiger partial charge in [-0.15, -0.1) is 0 Å². The van der Waals surface area contributed by atoms with Crippen LogP contribution in [0.3, 0.4) is 0 Å². The van der Waals surface area contributed by atoms with E-state index in [9.17, 15) is 9.59 Å². The topological polar surface area (TPSA) is 46.2 Å². The zero-order valence-corrected chi connectivity index (χ0v) is 5.04. The molecule has 50 valence electrons.